The average molecular weight is 240 g/mol. The first-order valence-electron chi connectivity index (χ1n) is 6.23. The fourth-order valence-electron chi connectivity index (χ4n) is 2.71. The van der Waals surface area contributed by atoms with Crippen molar-refractivity contribution in [2.45, 2.75) is 38.5 Å². The van der Waals surface area contributed by atoms with Crippen molar-refractivity contribution in [3.8, 4) is 0 Å². The number of carbonyl (C=O) groups is 1. The van der Waals surface area contributed by atoms with Gasteiger partial charge in [-0.25, -0.2) is 0 Å². The van der Waals surface area contributed by atoms with Gasteiger partial charge in [0.1, 0.15) is 0 Å². The molecule has 2 fully saturated rings. The quantitative estimate of drug-likeness (QED) is 0.548. The summed E-state index contributed by atoms with van der Waals surface area (Å²) < 4.78 is 0. The number of fused-ring (bicyclic) bond motifs is 1. The van der Waals surface area contributed by atoms with Crippen molar-refractivity contribution in [2.24, 2.45) is 23.5 Å². The lowest BCUT2D eigenvalue weighted by molar-refractivity contribution is -0.125. The Hall–Kier alpha value is -0.640. The number of hydrogen-bond donors (Lipinski definition) is 2. The second-order valence-corrected chi connectivity index (χ2v) is 5.66. The molecule has 2 aliphatic rings. The highest BCUT2D eigenvalue weighted by Crippen LogP contribution is 2.54. The van der Waals surface area contributed by atoms with Gasteiger partial charge in [-0.2, -0.15) is 0 Å². The van der Waals surface area contributed by atoms with Crippen LogP contribution in [-0.2, 0) is 4.79 Å². The summed E-state index contributed by atoms with van der Waals surface area (Å²) in [4.78, 5) is 12.3. The Balaban J connectivity index is 1.52. The van der Waals surface area contributed by atoms with Gasteiger partial charge in [0.15, 0.2) is 0 Å². The Morgan fingerprint density at radius 2 is 1.94 bits per heavy atom. The molecule has 0 aromatic heterocycles. The fraction of sp³-hybridized carbons (Fsp3) is 0.833. The highest BCUT2D eigenvalue weighted by Gasteiger charge is 2.47. The van der Waals surface area contributed by atoms with Crippen molar-refractivity contribution in [1.29, 1.82) is 0 Å². The SMILES string of the molecule is NC(=S)CCCCNC(=O)C1CC2CC2C1. The molecular weight excluding hydrogens is 220 g/mol. The molecule has 16 heavy (non-hydrogen) atoms. The summed E-state index contributed by atoms with van der Waals surface area (Å²) >= 11 is 4.79. The van der Waals surface area contributed by atoms with Crippen LogP contribution in [0.1, 0.15) is 38.5 Å². The van der Waals surface area contributed by atoms with Gasteiger partial charge in [0, 0.05) is 12.5 Å². The number of rotatable bonds is 6. The van der Waals surface area contributed by atoms with E-state index in [0.29, 0.717) is 10.9 Å². The van der Waals surface area contributed by atoms with Gasteiger partial charge in [-0.3, -0.25) is 4.79 Å². The Labute approximate surface area is 102 Å². The second kappa shape index (κ2) is 5.13. The van der Waals surface area contributed by atoms with E-state index in [2.05, 4.69) is 5.32 Å². The predicted molar refractivity (Wildman–Crippen MR) is 68.0 cm³/mol. The Bertz CT molecular complexity index is 283. The molecule has 3 N–H and O–H groups in total. The number of thiocarbonyl (C=S) groups is 1. The van der Waals surface area contributed by atoms with Crippen molar-refractivity contribution in [3.05, 3.63) is 0 Å². The molecule has 0 saturated heterocycles. The van der Waals surface area contributed by atoms with E-state index in [4.69, 9.17) is 18.0 Å². The third kappa shape index (κ3) is 3.17. The van der Waals surface area contributed by atoms with E-state index in [1.54, 1.807) is 0 Å². The summed E-state index contributed by atoms with van der Waals surface area (Å²) in [5.41, 5.74) is 5.40. The topological polar surface area (TPSA) is 55.1 Å². The molecule has 2 atom stereocenters. The highest BCUT2D eigenvalue weighted by atomic mass is 32.1. The monoisotopic (exact) mass is 240 g/mol. The Morgan fingerprint density at radius 1 is 1.25 bits per heavy atom. The lowest BCUT2D eigenvalue weighted by Gasteiger charge is -2.11. The summed E-state index contributed by atoms with van der Waals surface area (Å²) in [6.07, 6.45) is 6.37. The molecule has 0 spiro atoms. The number of unbranched alkanes of at least 4 members (excludes halogenated alkanes) is 1. The summed E-state index contributed by atoms with van der Waals surface area (Å²) in [6, 6.07) is 0. The van der Waals surface area contributed by atoms with Crippen LogP contribution in [-0.4, -0.2) is 17.4 Å². The van der Waals surface area contributed by atoms with Crippen molar-refractivity contribution in [2.75, 3.05) is 6.54 Å². The van der Waals surface area contributed by atoms with E-state index < -0.39 is 0 Å². The van der Waals surface area contributed by atoms with Crippen LogP contribution >= 0.6 is 12.2 Å². The van der Waals surface area contributed by atoms with Crippen LogP contribution in [0, 0.1) is 17.8 Å². The van der Waals surface area contributed by atoms with E-state index >= 15 is 0 Å². The fourth-order valence-corrected chi connectivity index (χ4v) is 2.85. The maximum absolute atomic E-state index is 11.7. The zero-order valence-corrected chi connectivity index (χ0v) is 10.4. The molecule has 0 radical (unpaired) electrons. The maximum Gasteiger partial charge on any atom is 0.223 e. The summed E-state index contributed by atoms with van der Waals surface area (Å²) in [5, 5.41) is 3.02. The lowest BCUT2D eigenvalue weighted by Crippen LogP contribution is -2.30. The third-order valence-corrected chi connectivity index (χ3v) is 3.97. The van der Waals surface area contributed by atoms with Crippen LogP contribution < -0.4 is 11.1 Å². The van der Waals surface area contributed by atoms with Gasteiger partial charge in [-0.1, -0.05) is 12.2 Å². The van der Waals surface area contributed by atoms with Crippen molar-refractivity contribution >= 4 is 23.1 Å². The second-order valence-electron chi connectivity index (χ2n) is 5.14. The molecule has 0 aromatic rings. The average Bonchev–Trinajstić information content (AvgIpc) is 2.84. The molecule has 2 unspecified atom stereocenters. The van der Waals surface area contributed by atoms with Crippen LogP contribution in [0.5, 0.6) is 0 Å². The van der Waals surface area contributed by atoms with Crippen LogP contribution in [0.4, 0.5) is 0 Å². The van der Waals surface area contributed by atoms with Gasteiger partial charge in [0.25, 0.3) is 0 Å². The minimum Gasteiger partial charge on any atom is -0.393 e. The first kappa shape index (κ1) is 11.8. The predicted octanol–water partition coefficient (Wildman–Crippen LogP) is 1.61. The molecule has 0 aromatic carbocycles. The molecule has 2 rings (SSSR count). The van der Waals surface area contributed by atoms with E-state index in [-0.39, 0.29) is 5.91 Å². The van der Waals surface area contributed by atoms with E-state index in [1.165, 1.54) is 6.42 Å². The summed E-state index contributed by atoms with van der Waals surface area (Å²) in [6.45, 7) is 0.771. The summed E-state index contributed by atoms with van der Waals surface area (Å²) in [7, 11) is 0. The molecule has 3 nitrogen and oxygen atoms in total. The first-order valence-corrected chi connectivity index (χ1v) is 6.63. The van der Waals surface area contributed by atoms with Gasteiger partial charge in [0.05, 0.1) is 4.99 Å². The van der Waals surface area contributed by atoms with Crippen LogP contribution in [0.2, 0.25) is 0 Å². The van der Waals surface area contributed by atoms with Gasteiger partial charge >= 0.3 is 0 Å². The standard InChI is InChI=1S/C12H20N2OS/c13-11(16)3-1-2-4-14-12(15)10-6-8-5-9(8)7-10/h8-10H,1-7H2,(H2,13,16)(H,14,15). The zero-order chi connectivity index (χ0) is 11.5. The number of amides is 1. The van der Waals surface area contributed by atoms with E-state index in [1.807, 2.05) is 0 Å². The minimum absolute atomic E-state index is 0.266. The van der Waals surface area contributed by atoms with E-state index in [9.17, 15) is 4.79 Å². The van der Waals surface area contributed by atoms with Gasteiger partial charge in [-0.15, -0.1) is 0 Å². The first-order chi connectivity index (χ1) is 7.66. The molecule has 4 heteroatoms. The lowest BCUT2D eigenvalue weighted by atomic mass is 10.0. The molecule has 1 amide bonds. The molecule has 0 aliphatic heterocycles. The highest BCUT2D eigenvalue weighted by molar-refractivity contribution is 7.80. The minimum atomic E-state index is 0.266. The number of carbonyl (C=O) groups excluding carboxylic acids is 1. The van der Waals surface area contributed by atoms with Crippen molar-refractivity contribution < 1.29 is 4.79 Å². The van der Waals surface area contributed by atoms with Crippen molar-refractivity contribution in [3.63, 3.8) is 0 Å². The van der Waals surface area contributed by atoms with Crippen LogP contribution in [0.15, 0.2) is 0 Å². The molecule has 0 heterocycles. The largest absolute Gasteiger partial charge is 0.393 e. The molecule has 2 aliphatic carbocycles. The van der Waals surface area contributed by atoms with E-state index in [0.717, 1.165) is 50.5 Å². The Kier molecular flexibility index (Phi) is 3.79. The molecule has 90 valence electrons. The molecule has 2 saturated carbocycles. The summed E-state index contributed by atoms with van der Waals surface area (Å²) in [5.74, 6) is 2.33. The number of hydrogen-bond acceptors (Lipinski definition) is 2. The van der Waals surface area contributed by atoms with Gasteiger partial charge in [-0.05, 0) is 50.4 Å². The third-order valence-electron chi connectivity index (χ3n) is 3.76. The molecular formula is C12H20N2OS. The normalized spacial score (nSPS) is 30.9. The smallest absolute Gasteiger partial charge is 0.223 e. The number of nitrogens with one attached hydrogen (secondary N) is 1. The Morgan fingerprint density at radius 3 is 2.56 bits per heavy atom. The van der Waals surface area contributed by atoms with Crippen LogP contribution in [0.25, 0.3) is 0 Å². The van der Waals surface area contributed by atoms with Crippen LogP contribution in [0.3, 0.4) is 0 Å². The van der Waals surface area contributed by atoms with Gasteiger partial charge in [0.2, 0.25) is 5.91 Å². The maximum atomic E-state index is 11.7. The molecule has 0 bridgehead atoms. The zero-order valence-electron chi connectivity index (χ0n) is 9.58. The number of nitrogens with two attached hydrogens (primary N) is 1. The van der Waals surface area contributed by atoms with Gasteiger partial charge < -0.3 is 11.1 Å². The van der Waals surface area contributed by atoms with Crippen molar-refractivity contribution in [1.82, 2.24) is 5.32 Å².